The van der Waals surface area contributed by atoms with Gasteiger partial charge in [-0.2, -0.15) is 0 Å². The summed E-state index contributed by atoms with van der Waals surface area (Å²) in [6, 6.07) is 7.23. The molecule has 138 valence electrons. The predicted octanol–water partition coefficient (Wildman–Crippen LogP) is 2.00. The monoisotopic (exact) mass is 357 g/mol. The van der Waals surface area contributed by atoms with Gasteiger partial charge in [-0.25, -0.2) is 4.99 Å². The molecule has 1 aromatic carbocycles. The van der Waals surface area contributed by atoms with Crippen LogP contribution in [0.2, 0.25) is 0 Å². The van der Waals surface area contributed by atoms with Crippen molar-refractivity contribution in [2.45, 2.75) is 19.8 Å². The van der Waals surface area contributed by atoms with E-state index in [-0.39, 0.29) is 24.5 Å². The molecule has 0 aliphatic carbocycles. The minimum atomic E-state index is -0.201. The molecule has 7 nitrogen and oxygen atoms in total. The Morgan fingerprint density at radius 3 is 2.92 bits per heavy atom. The zero-order valence-electron chi connectivity index (χ0n) is 14.9. The van der Waals surface area contributed by atoms with Crippen molar-refractivity contribution in [2.24, 2.45) is 4.99 Å². The van der Waals surface area contributed by atoms with E-state index in [1.54, 1.807) is 18.2 Å². The van der Waals surface area contributed by atoms with Crippen molar-refractivity contribution in [2.75, 3.05) is 38.2 Å². The SMILES string of the molecule is CCOc1cccc(NC(=O)CC2=NC(N3CCOCC3)=CC(=O)C2)c1. The van der Waals surface area contributed by atoms with Gasteiger partial charge in [0.2, 0.25) is 5.91 Å². The van der Waals surface area contributed by atoms with Gasteiger partial charge in [0.05, 0.1) is 26.2 Å². The van der Waals surface area contributed by atoms with Gasteiger partial charge in [-0.3, -0.25) is 9.59 Å². The summed E-state index contributed by atoms with van der Waals surface area (Å²) in [5.74, 6) is 1.11. The lowest BCUT2D eigenvalue weighted by Crippen LogP contribution is -2.36. The summed E-state index contributed by atoms with van der Waals surface area (Å²) >= 11 is 0. The van der Waals surface area contributed by atoms with Crippen LogP contribution in [-0.2, 0) is 14.3 Å². The predicted molar refractivity (Wildman–Crippen MR) is 98.4 cm³/mol. The van der Waals surface area contributed by atoms with Crippen molar-refractivity contribution >= 4 is 23.1 Å². The summed E-state index contributed by atoms with van der Waals surface area (Å²) in [6.45, 7) is 5.11. The van der Waals surface area contributed by atoms with Crippen LogP contribution < -0.4 is 10.1 Å². The zero-order valence-corrected chi connectivity index (χ0v) is 14.9. The number of carbonyl (C=O) groups excluding carboxylic acids is 2. The van der Waals surface area contributed by atoms with E-state index in [2.05, 4.69) is 10.3 Å². The number of hydrogen-bond acceptors (Lipinski definition) is 6. The van der Waals surface area contributed by atoms with Gasteiger partial charge in [-0.15, -0.1) is 0 Å². The number of nitrogens with zero attached hydrogens (tertiary/aromatic N) is 2. The summed E-state index contributed by atoms with van der Waals surface area (Å²) in [7, 11) is 0. The molecule has 1 amide bonds. The van der Waals surface area contributed by atoms with E-state index in [0.717, 1.165) is 0 Å². The number of nitrogens with one attached hydrogen (secondary N) is 1. The number of morpholine rings is 1. The van der Waals surface area contributed by atoms with Crippen molar-refractivity contribution in [3.63, 3.8) is 0 Å². The van der Waals surface area contributed by atoms with Gasteiger partial charge in [-0.1, -0.05) is 6.07 Å². The molecule has 1 N–H and O–H groups in total. The fourth-order valence-electron chi connectivity index (χ4n) is 2.91. The third-order valence-electron chi connectivity index (χ3n) is 4.07. The van der Waals surface area contributed by atoms with Crippen molar-refractivity contribution in [3.8, 4) is 5.75 Å². The van der Waals surface area contributed by atoms with Crippen LogP contribution in [0.15, 0.2) is 41.2 Å². The van der Waals surface area contributed by atoms with Crippen LogP contribution in [0, 0.1) is 0 Å². The molecule has 2 aliphatic rings. The fourth-order valence-corrected chi connectivity index (χ4v) is 2.91. The molecule has 0 aromatic heterocycles. The first-order valence-corrected chi connectivity index (χ1v) is 8.80. The molecule has 0 atom stereocenters. The van der Waals surface area contributed by atoms with Gasteiger partial charge in [-0.05, 0) is 19.1 Å². The van der Waals surface area contributed by atoms with E-state index >= 15 is 0 Å². The maximum absolute atomic E-state index is 12.3. The van der Waals surface area contributed by atoms with Crippen molar-refractivity contribution in [1.82, 2.24) is 4.90 Å². The summed E-state index contributed by atoms with van der Waals surface area (Å²) in [4.78, 5) is 30.9. The van der Waals surface area contributed by atoms with Gasteiger partial charge in [0.1, 0.15) is 11.6 Å². The molecular weight excluding hydrogens is 334 g/mol. The van der Waals surface area contributed by atoms with E-state index in [4.69, 9.17) is 9.47 Å². The second-order valence-electron chi connectivity index (χ2n) is 6.11. The Balaban J connectivity index is 1.62. The molecule has 0 spiro atoms. The van der Waals surface area contributed by atoms with Crippen LogP contribution >= 0.6 is 0 Å². The quantitative estimate of drug-likeness (QED) is 0.842. The number of ether oxygens (including phenoxy) is 2. The summed E-state index contributed by atoms with van der Waals surface area (Å²) in [6.07, 6.45) is 1.82. The van der Waals surface area contributed by atoms with Gasteiger partial charge in [0, 0.05) is 43.1 Å². The van der Waals surface area contributed by atoms with Gasteiger partial charge in [0.25, 0.3) is 0 Å². The zero-order chi connectivity index (χ0) is 18.4. The second-order valence-corrected chi connectivity index (χ2v) is 6.11. The Hall–Kier alpha value is -2.67. The highest BCUT2D eigenvalue weighted by Crippen LogP contribution is 2.19. The molecule has 26 heavy (non-hydrogen) atoms. The molecule has 7 heteroatoms. The number of hydrogen-bond donors (Lipinski definition) is 1. The molecule has 2 heterocycles. The van der Waals surface area contributed by atoms with Crippen molar-refractivity contribution in [3.05, 3.63) is 36.2 Å². The first-order valence-electron chi connectivity index (χ1n) is 8.80. The maximum Gasteiger partial charge on any atom is 0.230 e. The van der Waals surface area contributed by atoms with Crippen LogP contribution in [0.25, 0.3) is 0 Å². The molecule has 0 radical (unpaired) electrons. The molecule has 1 aromatic rings. The van der Waals surface area contributed by atoms with Crippen LogP contribution in [0.5, 0.6) is 5.75 Å². The average Bonchev–Trinajstić information content (AvgIpc) is 2.62. The van der Waals surface area contributed by atoms with Gasteiger partial charge < -0.3 is 19.7 Å². The van der Waals surface area contributed by atoms with Crippen LogP contribution in [0.4, 0.5) is 5.69 Å². The van der Waals surface area contributed by atoms with E-state index in [1.807, 2.05) is 24.0 Å². The summed E-state index contributed by atoms with van der Waals surface area (Å²) < 4.78 is 10.8. The number of allylic oxidation sites excluding steroid dienone is 1. The average molecular weight is 357 g/mol. The highest BCUT2D eigenvalue weighted by molar-refractivity contribution is 6.16. The number of amides is 1. The topological polar surface area (TPSA) is 80.2 Å². The normalized spacial score (nSPS) is 17.4. The van der Waals surface area contributed by atoms with E-state index in [9.17, 15) is 9.59 Å². The second kappa shape index (κ2) is 8.62. The Morgan fingerprint density at radius 1 is 1.35 bits per heavy atom. The third kappa shape index (κ3) is 4.92. The molecule has 3 rings (SSSR count). The molecule has 1 saturated heterocycles. The molecule has 0 bridgehead atoms. The number of anilines is 1. The van der Waals surface area contributed by atoms with Crippen molar-refractivity contribution in [1.29, 1.82) is 0 Å². The smallest absolute Gasteiger partial charge is 0.230 e. The number of benzene rings is 1. The number of aliphatic imine (C=N–C) groups is 1. The first kappa shape index (κ1) is 18.1. The van der Waals surface area contributed by atoms with E-state index in [1.165, 1.54) is 0 Å². The standard InChI is InChI=1S/C19H23N3O4/c1-2-26-17-5-3-4-14(11-17)21-19(24)12-15-10-16(23)13-18(20-15)22-6-8-25-9-7-22/h3-5,11,13H,2,6-10,12H2,1H3,(H,21,24). The minimum Gasteiger partial charge on any atom is -0.494 e. The number of rotatable bonds is 6. The molecule has 0 saturated carbocycles. The highest BCUT2D eigenvalue weighted by Gasteiger charge is 2.21. The van der Waals surface area contributed by atoms with Gasteiger partial charge >= 0.3 is 0 Å². The molecular formula is C19H23N3O4. The van der Waals surface area contributed by atoms with E-state index in [0.29, 0.717) is 55.9 Å². The van der Waals surface area contributed by atoms with Crippen LogP contribution in [-0.4, -0.2) is 55.2 Å². The highest BCUT2D eigenvalue weighted by atomic mass is 16.5. The third-order valence-corrected chi connectivity index (χ3v) is 4.07. The lowest BCUT2D eigenvalue weighted by molar-refractivity contribution is -0.115. The Labute approximate surface area is 152 Å². The summed E-state index contributed by atoms with van der Waals surface area (Å²) in [5, 5.41) is 2.83. The lowest BCUT2D eigenvalue weighted by Gasteiger charge is -2.30. The van der Waals surface area contributed by atoms with Crippen LogP contribution in [0.3, 0.4) is 0 Å². The van der Waals surface area contributed by atoms with Crippen molar-refractivity contribution < 1.29 is 19.1 Å². The van der Waals surface area contributed by atoms with Gasteiger partial charge in [0.15, 0.2) is 5.78 Å². The summed E-state index contributed by atoms with van der Waals surface area (Å²) in [5.41, 5.74) is 1.24. The fraction of sp³-hybridized carbons (Fsp3) is 0.421. The molecule has 2 aliphatic heterocycles. The largest absolute Gasteiger partial charge is 0.494 e. The Kier molecular flexibility index (Phi) is 6.01. The Morgan fingerprint density at radius 2 is 2.15 bits per heavy atom. The minimum absolute atomic E-state index is 0.0253. The molecule has 0 unspecified atom stereocenters. The maximum atomic E-state index is 12.3. The van der Waals surface area contributed by atoms with E-state index < -0.39 is 0 Å². The number of carbonyl (C=O) groups is 2. The first-order chi connectivity index (χ1) is 12.6. The molecule has 1 fully saturated rings. The Bertz CT molecular complexity index is 736. The van der Waals surface area contributed by atoms with Crippen LogP contribution in [0.1, 0.15) is 19.8 Å². The number of ketones is 1. The lowest BCUT2D eigenvalue weighted by atomic mass is 10.1.